The molecule has 1 aliphatic carbocycles. The minimum Gasteiger partial charge on any atom is -0.354 e. The Bertz CT molecular complexity index is 582. The SMILES string of the molecule is CC(C)NC(=O)C1CCC(C(=O)Nc2ccc(Cl)c(Cl)c2)CC1. The molecule has 0 spiro atoms. The van der Waals surface area contributed by atoms with Crippen molar-refractivity contribution in [3.8, 4) is 0 Å². The second-order valence-corrected chi connectivity index (χ2v) is 7.14. The minimum atomic E-state index is -0.0625. The average molecular weight is 357 g/mol. The highest BCUT2D eigenvalue weighted by Gasteiger charge is 2.30. The molecule has 0 bridgehead atoms. The largest absolute Gasteiger partial charge is 0.354 e. The maximum Gasteiger partial charge on any atom is 0.227 e. The Morgan fingerprint density at radius 1 is 1.00 bits per heavy atom. The lowest BCUT2D eigenvalue weighted by molar-refractivity contribution is -0.128. The van der Waals surface area contributed by atoms with E-state index in [2.05, 4.69) is 10.6 Å². The van der Waals surface area contributed by atoms with Gasteiger partial charge in [0.25, 0.3) is 0 Å². The summed E-state index contributed by atoms with van der Waals surface area (Å²) in [6, 6.07) is 5.18. The lowest BCUT2D eigenvalue weighted by Crippen LogP contribution is -2.38. The minimum absolute atomic E-state index is 0.0198. The Morgan fingerprint density at radius 3 is 2.09 bits per heavy atom. The van der Waals surface area contributed by atoms with E-state index in [0.717, 1.165) is 25.7 Å². The Balaban J connectivity index is 1.86. The Labute approximate surface area is 146 Å². The number of benzene rings is 1. The van der Waals surface area contributed by atoms with Gasteiger partial charge in [-0.1, -0.05) is 23.2 Å². The molecule has 1 fully saturated rings. The highest BCUT2D eigenvalue weighted by Crippen LogP contribution is 2.31. The molecule has 0 saturated heterocycles. The third-order valence-electron chi connectivity index (χ3n) is 4.09. The third-order valence-corrected chi connectivity index (χ3v) is 4.83. The first-order chi connectivity index (χ1) is 10.9. The molecule has 1 aromatic rings. The average Bonchev–Trinajstić information content (AvgIpc) is 2.50. The van der Waals surface area contributed by atoms with Crippen LogP contribution < -0.4 is 10.6 Å². The van der Waals surface area contributed by atoms with Crippen LogP contribution >= 0.6 is 23.2 Å². The zero-order valence-electron chi connectivity index (χ0n) is 13.4. The van der Waals surface area contributed by atoms with Crippen molar-refractivity contribution in [3.63, 3.8) is 0 Å². The molecule has 1 aliphatic rings. The molecule has 23 heavy (non-hydrogen) atoms. The zero-order chi connectivity index (χ0) is 17.0. The summed E-state index contributed by atoms with van der Waals surface area (Å²) in [5.41, 5.74) is 0.643. The standard InChI is InChI=1S/C17H22Cl2N2O2/c1-10(2)20-16(22)11-3-5-12(6-4-11)17(23)21-13-7-8-14(18)15(19)9-13/h7-12H,3-6H2,1-2H3,(H,20,22)(H,21,23). The van der Waals surface area contributed by atoms with Crippen molar-refractivity contribution in [2.45, 2.75) is 45.6 Å². The van der Waals surface area contributed by atoms with Gasteiger partial charge in [-0.25, -0.2) is 0 Å². The molecule has 126 valence electrons. The number of hydrogen-bond acceptors (Lipinski definition) is 2. The molecule has 0 unspecified atom stereocenters. The molecule has 0 heterocycles. The molecule has 4 nitrogen and oxygen atoms in total. The fraction of sp³-hybridized carbons (Fsp3) is 0.529. The predicted molar refractivity (Wildman–Crippen MR) is 93.8 cm³/mol. The summed E-state index contributed by atoms with van der Waals surface area (Å²) in [4.78, 5) is 24.3. The van der Waals surface area contributed by atoms with E-state index >= 15 is 0 Å². The summed E-state index contributed by atoms with van der Waals surface area (Å²) in [5, 5.41) is 6.69. The van der Waals surface area contributed by atoms with Crippen LogP contribution in [0.1, 0.15) is 39.5 Å². The molecule has 2 rings (SSSR count). The van der Waals surface area contributed by atoms with Gasteiger partial charge in [0.15, 0.2) is 0 Å². The molecular weight excluding hydrogens is 335 g/mol. The van der Waals surface area contributed by atoms with E-state index in [-0.39, 0.29) is 29.7 Å². The van der Waals surface area contributed by atoms with Crippen LogP contribution in [0.2, 0.25) is 10.0 Å². The van der Waals surface area contributed by atoms with E-state index < -0.39 is 0 Å². The van der Waals surface area contributed by atoms with E-state index in [1.807, 2.05) is 13.8 Å². The molecule has 2 N–H and O–H groups in total. The second-order valence-electron chi connectivity index (χ2n) is 6.33. The van der Waals surface area contributed by atoms with Crippen LogP contribution in [-0.2, 0) is 9.59 Å². The first kappa shape index (κ1) is 18.1. The van der Waals surface area contributed by atoms with Gasteiger partial charge in [0.05, 0.1) is 10.0 Å². The summed E-state index contributed by atoms with van der Waals surface area (Å²) >= 11 is 11.8. The fourth-order valence-corrected chi connectivity index (χ4v) is 3.14. The smallest absolute Gasteiger partial charge is 0.227 e. The van der Waals surface area contributed by atoms with Crippen molar-refractivity contribution in [2.24, 2.45) is 11.8 Å². The van der Waals surface area contributed by atoms with E-state index in [4.69, 9.17) is 23.2 Å². The van der Waals surface area contributed by atoms with Gasteiger partial charge in [0.2, 0.25) is 11.8 Å². The van der Waals surface area contributed by atoms with Crippen molar-refractivity contribution in [1.82, 2.24) is 5.32 Å². The first-order valence-corrected chi connectivity index (χ1v) is 8.68. The van der Waals surface area contributed by atoms with Crippen molar-refractivity contribution in [2.75, 3.05) is 5.32 Å². The number of carbonyl (C=O) groups excluding carboxylic acids is 2. The monoisotopic (exact) mass is 356 g/mol. The van der Waals surface area contributed by atoms with Gasteiger partial charge >= 0.3 is 0 Å². The quantitative estimate of drug-likeness (QED) is 0.846. The van der Waals surface area contributed by atoms with Crippen LogP contribution in [0, 0.1) is 11.8 Å². The molecule has 6 heteroatoms. The Hall–Kier alpha value is -1.26. The topological polar surface area (TPSA) is 58.2 Å². The van der Waals surface area contributed by atoms with Gasteiger partial charge in [-0.05, 0) is 57.7 Å². The molecule has 1 saturated carbocycles. The second kappa shape index (κ2) is 8.02. The molecule has 2 amide bonds. The number of hydrogen-bond donors (Lipinski definition) is 2. The van der Waals surface area contributed by atoms with Gasteiger partial charge in [-0.3, -0.25) is 9.59 Å². The zero-order valence-corrected chi connectivity index (χ0v) is 14.9. The molecule has 0 aromatic heterocycles. The highest BCUT2D eigenvalue weighted by molar-refractivity contribution is 6.42. The number of halogens is 2. The van der Waals surface area contributed by atoms with E-state index in [1.165, 1.54) is 0 Å². The molecule has 0 aliphatic heterocycles. The third kappa shape index (κ3) is 5.11. The first-order valence-electron chi connectivity index (χ1n) is 7.93. The maximum absolute atomic E-state index is 12.3. The van der Waals surface area contributed by atoms with Crippen molar-refractivity contribution in [1.29, 1.82) is 0 Å². The van der Waals surface area contributed by atoms with Gasteiger partial charge in [-0.15, -0.1) is 0 Å². The van der Waals surface area contributed by atoms with E-state index in [1.54, 1.807) is 18.2 Å². The summed E-state index contributed by atoms with van der Waals surface area (Å²) in [7, 11) is 0. The molecular formula is C17H22Cl2N2O2. The van der Waals surface area contributed by atoms with Crippen LogP contribution in [0.5, 0.6) is 0 Å². The van der Waals surface area contributed by atoms with E-state index in [0.29, 0.717) is 15.7 Å². The van der Waals surface area contributed by atoms with Crippen LogP contribution in [0.15, 0.2) is 18.2 Å². The summed E-state index contributed by atoms with van der Waals surface area (Å²) in [6.45, 7) is 3.91. The molecule has 1 aromatic carbocycles. The maximum atomic E-state index is 12.3. The van der Waals surface area contributed by atoms with Crippen molar-refractivity contribution >= 4 is 40.7 Å². The van der Waals surface area contributed by atoms with Gasteiger partial charge in [0.1, 0.15) is 0 Å². The van der Waals surface area contributed by atoms with Crippen molar-refractivity contribution in [3.05, 3.63) is 28.2 Å². The van der Waals surface area contributed by atoms with Crippen molar-refractivity contribution < 1.29 is 9.59 Å². The number of nitrogens with one attached hydrogen (secondary N) is 2. The van der Waals surface area contributed by atoms with Crippen LogP contribution in [-0.4, -0.2) is 17.9 Å². The summed E-state index contributed by atoms with van der Waals surface area (Å²) < 4.78 is 0. The van der Waals surface area contributed by atoms with Gasteiger partial charge in [-0.2, -0.15) is 0 Å². The number of anilines is 1. The molecule has 0 radical (unpaired) electrons. The van der Waals surface area contributed by atoms with Crippen LogP contribution in [0.4, 0.5) is 5.69 Å². The number of carbonyl (C=O) groups is 2. The number of rotatable bonds is 4. The predicted octanol–water partition coefficient (Wildman–Crippen LogP) is 4.26. The summed E-state index contributed by atoms with van der Waals surface area (Å²) in [6.07, 6.45) is 2.95. The van der Waals surface area contributed by atoms with Crippen LogP contribution in [0.3, 0.4) is 0 Å². The molecule has 0 atom stereocenters. The normalized spacial score (nSPS) is 21.1. The Morgan fingerprint density at radius 2 is 1.57 bits per heavy atom. The lowest BCUT2D eigenvalue weighted by Gasteiger charge is -2.27. The van der Waals surface area contributed by atoms with Gasteiger partial charge in [0, 0.05) is 23.6 Å². The fourth-order valence-electron chi connectivity index (χ4n) is 2.84. The van der Waals surface area contributed by atoms with E-state index in [9.17, 15) is 9.59 Å². The highest BCUT2D eigenvalue weighted by atomic mass is 35.5. The summed E-state index contributed by atoms with van der Waals surface area (Å²) in [5.74, 6) is 0.0356. The number of amides is 2. The van der Waals surface area contributed by atoms with Crippen LogP contribution in [0.25, 0.3) is 0 Å². The lowest BCUT2D eigenvalue weighted by atomic mass is 9.81. The van der Waals surface area contributed by atoms with Gasteiger partial charge < -0.3 is 10.6 Å². The Kier molecular flexibility index (Phi) is 6.31.